The Hall–Kier alpha value is -3.69. The minimum absolute atomic E-state index is 0.0227. The van der Waals surface area contributed by atoms with Crippen LogP contribution in [-0.4, -0.2) is 23.9 Å². The number of benzene rings is 4. The summed E-state index contributed by atoms with van der Waals surface area (Å²) in [5.74, 6) is 0.0227. The van der Waals surface area contributed by atoms with Crippen LogP contribution in [0.3, 0.4) is 0 Å². The summed E-state index contributed by atoms with van der Waals surface area (Å²) in [6.07, 6.45) is 4.52. The van der Waals surface area contributed by atoms with Crippen LogP contribution in [0.5, 0.6) is 0 Å². The maximum absolute atomic E-state index is 13.4. The largest absolute Gasteiger partial charge is 0.309 e. The minimum Gasteiger partial charge on any atom is -0.309 e. The van der Waals surface area contributed by atoms with E-state index in [1.165, 1.54) is 27.5 Å². The molecule has 1 heterocycles. The number of carbonyl (C=O) groups is 1. The zero-order valence-corrected chi connectivity index (χ0v) is 20.6. The maximum atomic E-state index is 13.4. The average Bonchev–Trinajstić information content (AvgIpc) is 2.87. The number of amides is 1. The van der Waals surface area contributed by atoms with Gasteiger partial charge in [0.2, 0.25) is 0 Å². The molecule has 0 radical (unpaired) electrons. The van der Waals surface area contributed by atoms with E-state index in [0.29, 0.717) is 6.54 Å². The number of anilines is 1. The third-order valence-corrected chi connectivity index (χ3v) is 6.85. The zero-order chi connectivity index (χ0) is 24.2. The molecule has 0 spiro atoms. The summed E-state index contributed by atoms with van der Waals surface area (Å²) >= 11 is 0. The van der Waals surface area contributed by atoms with Gasteiger partial charge < -0.3 is 4.90 Å². The molecule has 5 rings (SSSR count). The topological polar surface area (TPSA) is 23.6 Å². The first-order chi connectivity index (χ1) is 17.1. The molecule has 3 heteroatoms. The van der Waals surface area contributed by atoms with Crippen LogP contribution in [0.2, 0.25) is 0 Å². The maximum Gasteiger partial charge on any atom is 0.250 e. The molecule has 0 aromatic heterocycles. The van der Waals surface area contributed by atoms with E-state index in [-0.39, 0.29) is 5.91 Å². The molecule has 0 saturated heterocycles. The summed E-state index contributed by atoms with van der Waals surface area (Å²) in [7, 11) is 0. The second kappa shape index (κ2) is 10.3. The number of hydrogen-bond donors (Lipinski definition) is 0. The molecule has 176 valence electrons. The van der Waals surface area contributed by atoms with Crippen molar-refractivity contribution in [3.63, 3.8) is 0 Å². The predicted octanol–water partition coefficient (Wildman–Crippen LogP) is 6.91. The summed E-state index contributed by atoms with van der Waals surface area (Å²) in [6.45, 7) is 7.73. The molecular formula is C32H32N2O. The summed E-state index contributed by atoms with van der Waals surface area (Å²) in [5, 5.41) is 2.75. The lowest BCUT2D eigenvalue weighted by Gasteiger charge is -2.30. The second-order valence-electron chi connectivity index (χ2n) is 9.52. The number of rotatable bonds is 7. The van der Waals surface area contributed by atoms with Gasteiger partial charge in [0.1, 0.15) is 0 Å². The molecular weight excluding hydrogens is 428 g/mol. The Morgan fingerprint density at radius 1 is 0.886 bits per heavy atom. The van der Waals surface area contributed by atoms with Crippen LogP contribution in [0, 0.1) is 13.8 Å². The molecule has 3 nitrogen and oxygen atoms in total. The Labute approximate surface area is 208 Å². The van der Waals surface area contributed by atoms with Crippen molar-refractivity contribution >= 4 is 28.4 Å². The highest BCUT2D eigenvalue weighted by atomic mass is 16.2. The van der Waals surface area contributed by atoms with E-state index in [4.69, 9.17) is 0 Å². The highest BCUT2D eigenvalue weighted by Crippen LogP contribution is 2.30. The van der Waals surface area contributed by atoms with Crippen molar-refractivity contribution in [3.8, 4) is 0 Å². The zero-order valence-electron chi connectivity index (χ0n) is 20.6. The highest BCUT2D eigenvalue weighted by Gasteiger charge is 2.20. The first-order valence-corrected chi connectivity index (χ1v) is 12.4. The molecule has 4 aromatic rings. The van der Waals surface area contributed by atoms with Crippen molar-refractivity contribution in [1.29, 1.82) is 0 Å². The van der Waals surface area contributed by atoms with Gasteiger partial charge in [-0.15, -0.1) is 0 Å². The monoisotopic (exact) mass is 460 g/mol. The fraction of sp³-hybridized carbons (Fsp3) is 0.219. The number of aryl methyl sites for hydroxylation is 2. The van der Waals surface area contributed by atoms with Gasteiger partial charge in [0.25, 0.3) is 5.91 Å². The highest BCUT2D eigenvalue weighted by molar-refractivity contribution is 6.04. The average molecular weight is 461 g/mol. The summed E-state index contributed by atoms with van der Waals surface area (Å²) in [5.41, 5.74) is 7.16. The summed E-state index contributed by atoms with van der Waals surface area (Å²) < 4.78 is 0. The van der Waals surface area contributed by atoms with Gasteiger partial charge >= 0.3 is 0 Å². The molecule has 35 heavy (non-hydrogen) atoms. The Morgan fingerprint density at radius 2 is 1.60 bits per heavy atom. The first-order valence-electron chi connectivity index (χ1n) is 12.4. The van der Waals surface area contributed by atoms with E-state index >= 15 is 0 Å². The third kappa shape index (κ3) is 5.21. The second-order valence-corrected chi connectivity index (χ2v) is 9.52. The van der Waals surface area contributed by atoms with Crippen LogP contribution < -0.4 is 4.90 Å². The van der Waals surface area contributed by atoms with Crippen LogP contribution in [0.15, 0.2) is 91.0 Å². The van der Waals surface area contributed by atoms with Crippen molar-refractivity contribution in [2.24, 2.45) is 0 Å². The fourth-order valence-corrected chi connectivity index (χ4v) is 5.19. The lowest BCUT2D eigenvalue weighted by molar-refractivity contribution is -0.114. The lowest BCUT2D eigenvalue weighted by Crippen LogP contribution is -2.34. The van der Waals surface area contributed by atoms with Crippen molar-refractivity contribution in [2.75, 3.05) is 18.0 Å². The molecule has 0 aliphatic carbocycles. The number of nitrogens with zero attached hydrogens (tertiary/aromatic N) is 2. The van der Waals surface area contributed by atoms with E-state index in [2.05, 4.69) is 73.3 Å². The van der Waals surface area contributed by atoms with E-state index in [1.807, 2.05) is 41.3 Å². The third-order valence-electron chi connectivity index (χ3n) is 6.85. The summed E-state index contributed by atoms with van der Waals surface area (Å²) in [6, 6.07) is 29.5. The SMILES string of the molecule is Cc1ccc(N(CCCN2Cc3cccc4cccc(c34)C2)C(=O)/C=C\c2ccccc2)c(C)c1. The molecule has 0 atom stereocenters. The van der Waals surface area contributed by atoms with Gasteiger partial charge in [-0.1, -0.05) is 84.4 Å². The Morgan fingerprint density at radius 3 is 2.29 bits per heavy atom. The molecule has 0 saturated carbocycles. The van der Waals surface area contributed by atoms with Gasteiger partial charge in [-0.25, -0.2) is 0 Å². The van der Waals surface area contributed by atoms with Gasteiger partial charge in [0.15, 0.2) is 0 Å². The van der Waals surface area contributed by atoms with Crippen LogP contribution in [-0.2, 0) is 17.9 Å². The van der Waals surface area contributed by atoms with Gasteiger partial charge in [0.05, 0.1) is 0 Å². The fourth-order valence-electron chi connectivity index (χ4n) is 5.19. The summed E-state index contributed by atoms with van der Waals surface area (Å²) in [4.78, 5) is 17.8. The molecule has 0 bridgehead atoms. The van der Waals surface area contributed by atoms with Gasteiger partial charge in [0, 0.05) is 37.9 Å². The Bertz CT molecular complexity index is 1330. The van der Waals surface area contributed by atoms with Gasteiger partial charge in [-0.05, 0) is 65.4 Å². The quantitative estimate of drug-likeness (QED) is 0.280. The van der Waals surface area contributed by atoms with Crippen molar-refractivity contribution < 1.29 is 4.79 Å². The van der Waals surface area contributed by atoms with E-state index in [9.17, 15) is 4.79 Å². The van der Waals surface area contributed by atoms with Gasteiger partial charge in [-0.3, -0.25) is 9.69 Å². The molecule has 0 N–H and O–H groups in total. The minimum atomic E-state index is 0.0227. The number of hydrogen-bond acceptors (Lipinski definition) is 2. The van der Waals surface area contributed by atoms with E-state index in [1.54, 1.807) is 6.08 Å². The lowest BCUT2D eigenvalue weighted by atomic mass is 9.95. The van der Waals surface area contributed by atoms with Crippen LogP contribution in [0.4, 0.5) is 5.69 Å². The van der Waals surface area contributed by atoms with E-state index < -0.39 is 0 Å². The standard InChI is InChI=1S/C32H32N2O/c1-24-15-17-30(25(2)21-24)34(31(35)18-16-26-9-4-3-5-10-26)20-8-19-33-22-28-13-6-11-27-12-7-14-29(23-33)32(27)28/h3-7,9-18,21H,8,19-20,22-23H2,1-2H3/b18-16-. The number of carbonyl (C=O) groups excluding carboxylic acids is 1. The molecule has 1 aliphatic rings. The molecule has 1 aliphatic heterocycles. The van der Waals surface area contributed by atoms with Crippen molar-refractivity contribution in [3.05, 3.63) is 119 Å². The Balaban J connectivity index is 1.30. The van der Waals surface area contributed by atoms with Crippen LogP contribution in [0.25, 0.3) is 16.8 Å². The van der Waals surface area contributed by atoms with Gasteiger partial charge in [-0.2, -0.15) is 0 Å². The van der Waals surface area contributed by atoms with Crippen LogP contribution >= 0.6 is 0 Å². The van der Waals surface area contributed by atoms with Crippen LogP contribution in [0.1, 0.15) is 34.2 Å². The molecule has 0 fully saturated rings. The molecule has 1 amide bonds. The first kappa shape index (κ1) is 23.1. The normalized spacial score (nSPS) is 13.4. The smallest absolute Gasteiger partial charge is 0.250 e. The van der Waals surface area contributed by atoms with Crippen molar-refractivity contribution in [1.82, 2.24) is 4.90 Å². The van der Waals surface area contributed by atoms with Crippen molar-refractivity contribution in [2.45, 2.75) is 33.4 Å². The molecule has 4 aromatic carbocycles. The molecule has 0 unspecified atom stereocenters. The Kier molecular flexibility index (Phi) is 6.78. The van der Waals surface area contributed by atoms with E-state index in [0.717, 1.165) is 42.9 Å². The predicted molar refractivity (Wildman–Crippen MR) is 146 cm³/mol.